The molecule has 0 atom stereocenters. The summed E-state index contributed by atoms with van der Waals surface area (Å²) in [6.45, 7) is 0. The van der Waals surface area contributed by atoms with Crippen LogP contribution < -0.4 is 14.3 Å². The second kappa shape index (κ2) is 7.84. The Balaban J connectivity index is 1.56. The van der Waals surface area contributed by atoms with Gasteiger partial charge in [-0.3, -0.25) is 0 Å². The van der Waals surface area contributed by atoms with E-state index in [1.54, 1.807) is 18.2 Å². The van der Waals surface area contributed by atoms with Crippen LogP contribution in [-0.2, 0) is 4.65 Å². The van der Waals surface area contributed by atoms with E-state index in [0.29, 0.717) is 11.1 Å². The van der Waals surface area contributed by atoms with Gasteiger partial charge in [-0.1, -0.05) is 18.2 Å². The highest BCUT2D eigenvalue weighted by Crippen LogP contribution is 2.35. The van der Waals surface area contributed by atoms with Crippen molar-refractivity contribution in [3.8, 4) is 11.1 Å². The zero-order valence-corrected chi connectivity index (χ0v) is 19.6. The zero-order valence-electron chi connectivity index (χ0n) is 18.8. The molecule has 0 radical (unpaired) electrons. The number of rotatable bonds is 4. The summed E-state index contributed by atoms with van der Waals surface area (Å²) in [4.78, 5) is 8.42. The first kappa shape index (κ1) is 21.4. The minimum atomic E-state index is -4.31. The first-order chi connectivity index (χ1) is 15.7. The summed E-state index contributed by atoms with van der Waals surface area (Å²) in [6, 6.07) is 20.9. The summed E-state index contributed by atoms with van der Waals surface area (Å²) in [5.41, 5.74) is 4.99. The molecule has 5 rings (SSSR count). The molecular weight excluding hydrogens is 441 g/mol. The van der Waals surface area contributed by atoms with E-state index in [1.807, 2.05) is 86.5 Å². The molecule has 5 nitrogen and oxygen atoms in total. The fourth-order valence-electron chi connectivity index (χ4n) is 3.88. The van der Waals surface area contributed by atoms with Crippen LogP contribution >= 0.6 is 11.3 Å². The van der Waals surface area contributed by atoms with Gasteiger partial charge in [-0.25, -0.2) is 0 Å². The number of hydrogen-bond donors (Lipinski definition) is 0. The van der Waals surface area contributed by atoms with Gasteiger partial charge in [0.2, 0.25) is 0 Å². The molecule has 168 valence electrons. The van der Waals surface area contributed by atoms with E-state index < -0.39 is 7.04 Å². The van der Waals surface area contributed by atoms with Gasteiger partial charge in [0.05, 0.1) is 10.3 Å². The number of aliphatic imine (C=N–C) groups is 1. The van der Waals surface area contributed by atoms with Gasteiger partial charge in [-0.2, -0.15) is 0 Å². The number of benzene rings is 3. The highest BCUT2D eigenvalue weighted by molar-refractivity contribution is 7.21. The van der Waals surface area contributed by atoms with Crippen LogP contribution in [-0.4, -0.2) is 41.1 Å². The first-order valence-electron chi connectivity index (χ1n) is 10.6. The topological polar surface area (TPSA) is 31.9 Å². The Morgan fingerprint density at radius 2 is 1.33 bits per heavy atom. The Morgan fingerprint density at radius 3 is 1.91 bits per heavy atom. The third kappa shape index (κ3) is 3.82. The van der Waals surface area contributed by atoms with E-state index in [1.165, 1.54) is 11.3 Å². The molecule has 9 heteroatoms. The Hall–Kier alpha value is -3.46. The van der Waals surface area contributed by atoms with Gasteiger partial charge in [0.15, 0.2) is 0 Å². The maximum atomic E-state index is 15.2. The minimum Gasteiger partial charge on any atom is -0.590 e. The summed E-state index contributed by atoms with van der Waals surface area (Å²) >= 11 is 1.24. The van der Waals surface area contributed by atoms with Crippen molar-refractivity contribution in [1.82, 2.24) is 0 Å². The van der Waals surface area contributed by atoms with E-state index in [4.69, 9.17) is 4.65 Å². The standard InChI is InChI=1S/C24H23BF2N4OS/c1-29(2)19-10-5-16(6-11-19)18-9-14-21-22(15-18)33-24-28-23(32-25(26,27)31(21)24)17-7-12-20(13-8-17)30(3)4/h5-15H,1-4H3. The second-order valence-electron chi connectivity index (χ2n) is 8.42. The molecule has 1 aromatic heterocycles. The SMILES string of the molecule is CN(C)c1ccc(C2=Nc3sc4cc(-c5ccc(N(C)C)cc5)ccc4[n+]3[B-](F)(F)O2)cc1. The van der Waals surface area contributed by atoms with Crippen molar-refractivity contribution in [2.45, 2.75) is 0 Å². The maximum Gasteiger partial charge on any atom is 0.737 e. The fraction of sp³-hybridized carbons (Fsp3) is 0.167. The Morgan fingerprint density at radius 1 is 0.788 bits per heavy atom. The molecule has 1 aliphatic heterocycles. The predicted octanol–water partition coefficient (Wildman–Crippen LogP) is 5.32. The van der Waals surface area contributed by atoms with Gasteiger partial charge in [0.25, 0.3) is 5.90 Å². The molecule has 3 aromatic carbocycles. The molecule has 2 heterocycles. The average molecular weight is 464 g/mol. The average Bonchev–Trinajstić information content (AvgIpc) is 3.17. The van der Waals surface area contributed by atoms with Gasteiger partial charge < -0.3 is 27.6 Å². The third-order valence-electron chi connectivity index (χ3n) is 5.73. The summed E-state index contributed by atoms with van der Waals surface area (Å²) in [5, 5.41) is 0.230. The molecule has 0 unspecified atom stereocenters. The molecule has 0 N–H and O–H groups in total. The normalized spacial score (nSPS) is 14.4. The quantitative estimate of drug-likeness (QED) is 0.384. The van der Waals surface area contributed by atoms with Crippen LogP contribution in [0.3, 0.4) is 0 Å². The van der Waals surface area contributed by atoms with Crippen LogP contribution in [0.25, 0.3) is 21.3 Å². The van der Waals surface area contributed by atoms with Crippen LogP contribution in [0.5, 0.6) is 0 Å². The number of anilines is 2. The number of aromatic nitrogens is 1. The smallest absolute Gasteiger partial charge is 0.590 e. The number of fused-ring (bicyclic) bond motifs is 3. The molecule has 0 saturated heterocycles. The van der Waals surface area contributed by atoms with Crippen molar-refractivity contribution < 1.29 is 17.8 Å². The lowest BCUT2D eigenvalue weighted by Crippen LogP contribution is -2.62. The van der Waals surface area contributed by atoms with Crippen molar-refractivity contribution in [1.29, 1.82) is 0 Å². The molecule has 4 aromatic rings. The molecule has 0 saturated carbocycles. The predicted molar refractivity (Wildman–Crippen MR) is 133 cm³/mol. The number of thiazole rings is 1. The molecular formula is C24H23BF2N4OS. The number of hydrogen-bond acceptors (Lipinski definition) is 5. The van der Waals surface area contributed by atoms with E-state index >= 15 is 8.63 Å². The first-order valence-corrected chi connectivity index (χ1v) is 11.4. The van der Waals surface area contributed by atoms with Gasteiger partial charge in [0, 0.05) is 44.6 Å². The molecule has 33 heavy (non-hydrogen) atoms. The van der Waals surface area contributed by atoms with Crippen LogP contribution in [0, 0.1) is 0 Å². The van der Waals surface area contributed by atoms with Crippen LogP contribution in [0.1, 0.15) is 5.56 Å². The van der Waals surface area contributed by atoms with Crippen LogP contribution in [0.15, 0.2) is 71.7 Å². The Labute approximate surface area is 195 Å². The van der Waals surface area contributed by atoms with Gasteiger partial charge >= 0.3 is 12.2 Å². The molecule has 0 spiro atoms. The minimum absolute atomic E-state index is 0.0589. The van der Waals surface area contributed by atoms with E-state index in [2.05, 4.69) is 4.99 Å². The molecule has 0 fully saturated rings. The maximum absolute atomic E-state index is 15.2. The molecule has 0 bridgehead atoms. The fourth-order valence-corrected chi connectivity index (χ4v) is 4.98. The van der Waals surface area contributed by atoms with Crippen molar-refractivity contribution >= 4 is 51.0 Å². The largest absolute Gasteiger partial charge is 0.737 e. The second-order valence-corrected chi connectivity index (χ2v) is 9.42. The van der Waals surface area contributed by atoms with E-state index in [0.717, 1.165) is 31.7 Å². The monoisotopic (exact) mass is 464 g/mol. The summed E-state index contributed by atoms with van der Waals surface area (Å²) in [7, 11) is 3.52. The summed E-state index contributed by atoms with van der Waals surface area (Å²) < 4.78 is 37.1. The summed E-state index contributed by atoms with van der Waals surface area (Å²) in [6.07, 6.45) is 0. The molecule has 0 aliphatic carbocycles. The van der Waals surface area contributed by atoms with Gasteiger partial charge in [0.1, 0.15) is 5.52 Å². The molecule has 0 amide bonds. The highest BCUT2D eigenvalue weighted by Gasteiger charge is 2.49. The van der Waals surface area contributed by atoms with Crippen molar-refractivity contribution in [2.24, 2.45) is 4.99 Å². The number of halogens is 2. The Kier molecular flexibility index (Phi) is 5.09. The number of nitrogens with zero attached hydrogens (tertiary/aromatic N) is 4. The van der Waals surface area contributed by atoms with Crippen LogP contribution in [0.2, 0.25) is 0 Å². The Bertz CT molecular complexity index is 1370. The van der Waals surface area contributed by atoms with E-state index in [-0.39, 0.29) is 11.0 Å². The van der Waals surface area contributed by atoms with E-state index in [9.17, 15) is 0 Å². The van der Waals surface area contributed by atoms with Gasteiger partial charge in [-0.15, -0.1) is 0 Å². The van der Waals surface area contributed by atoms with Crippen LogP contribution in [0.4, 0.5) is 25.1 Å². The van der Waals surface area contributed by atoms with Gasteiger partial charge in [-0.05, 0) is 71.0 Å². The molecule has 1 aliphatic rings. The lowest BCUT2D eigenvalue weighted by molar-refractivity contribution is -0.536. The van der Waals surface area contributed by atoms with Crippen molar-refractivity contribution in [3.63, 3.8) is 0 Å². The van der Waals surface area contributed by atoms with Crippen molar-refractivity contribution in [2.75, 3.05) is 38.0 Å². The van der Waals surface area contributed by atoms with Crippen molar-refractivity contribution in [3.05, 3.63) is 72.3 Å². The lowest BCUT2D eigenvalue weighted by atomic mass is 10.0. The lowest BCUT2D eigenvalue weighted by Gasteiger charge is -2.26. The third-order valence-corrected chi connectivity index (χ3v) is 6.74. The highest BCUT2D eigenvalue weighted by atomic mass is 32.1. The summed E-state index contributed by atoms with van der Waals surface area (Å²) in [5.74, 6) is -0.0589. The zero-order chi connectivity index (χ0) is 23.3.